The summed E-state index contributed by atoms with van der Waals surface area (Å²) in [5, 5.41) is 2.09. The molecule has 4 amide bonds. The number of nitrogens with two attached hydrogens (primary N) is 1. The number of nitrogens with zero attached hydrogens (tertiary/aromatic N) is 1. The largest absolute Gasteiger partial charge is 0.398 e. The van der Waals surface area contributed by atoms with Gasteiger partial charge in [-0.1, -0.05) is 6.07 Å². The summed E-state index contributed by atoms with van der Waals surface area (Å²) in [6.07, 6.45) is 2.36. The van der Waals surface area contributed by atoms with Crippen LogP contribution in [0.4, 0.5) is 5.69 Å². The molecule has 2 aliphatic heterocycles. The molecular weight excluding hydrogens is 274 g/mol. The quantitative estimate of drug-likeness (QED) is 0.550. The van der Waals surface area contributed by atoms with Crippen molar-refractivity contribution < 1.29 is 19.2 Å². The second kappa shape index (κ2) is 4.02. The van der Waals surface area contributed by atoms with Crippen molar-refractivity contribution in [2.24, 2.45) is 0 Å². The van der Waals surface area contributed by atoms with Crippen molar-refractivity contribution in [2.45, 2.75) is 12.5 Å². The Bertz CT molecular complexity index is 753. The van der Waals surface area contributed by atoms with E-state index >= 15 is 0 Å². The van der Waals surface area contributed by atoms with Crippen molar-refractivity contribution in [1.82, 2.24) is 10.2 Å². The summed E-state index contributed by atoms with van der Waals surface area (Å²) in [5.74, 6) is -2.58. The van der Waals surface area contributed by atoms with Crippen LogP contribution in [0.5, 0.6) is 0 Å². The van der Waals surface area contributed by atoms with Gasteiger partial charge >= 0.3 is 0 Å². The maximum absolute atomic E-state index is 12.5. The Morgan fingerprint density at radius 3 is 2.48 bits per heavy atom. The van der Waals surface area contributed by atoms with Crippen LogP contribution in [0.25, 0.3) is 0 Å². The van der Waals surface area contributed by atoms with Crippen LogP contribution in [-0.4, -0.2) is 34.1 Å². The van der Waals surface area contributed by atoms with Gasteiger partial charge in [0, 0.05) is 11.8 Å². The Balaban J connectivity index is 2.14. The first-order valence-corrected chi connectivity index (χ1v) is 6.18. The van der Waals surface area contributed by atoms with E-state index in [1.165, 1.54) is 25.1 Å². The predicted molar refractivity (Wildman–Crippen MR) is 72.0 cm³/mol. The Kier molecular flexibility index (Phi) is 2.49. The molecule has 0 saturated carbocycles. The van der Waals surface area contributed by atoms with Crippen LogP contribution in [0, 0.1) is 0 Å². The highest BCUT2D eigenvalue weighted by Crippen LogP contribution is 2.34. The van der Waals surface area contributed by atoms with Gasteiger partial charge in [0.1, 0.15) is 5.54 Å². The average molecular weight is 285 g/mol. The van der Waals surface area contributed by atoms with Crippen molar-refractivity contribution in [1.29, 1.82) is 0 Å². The van der Waals surface area contributed by atoms with Crippen LogP contribution in [0.1, 0.15) is 27.6 Å². The molecule has 1 unspecified atom stereocenters. The van der Waals surface area contributed by atoms with Gasteiger partial charge in [0.2, 0.25) is 5.91 Å². The summed E-state index contributed by atoms with van der Waals surface area (Å²) in [7, 11) is 0. The molecule has 1 aromatic carbocycles. The van der Waals surface area contributed by atoms with E-state index in [1.54, 1.807) is 6.07 Å². The lowest BCUT2D eigenvalue weighted by Gasteiger charge is -2.34. The van der Waals surface area contributed by atoms with E-state index in [1.807, 2.05) is 0 Å². The van der Waals surface area contributed by atoms with E-state index in [-0.39, 0.29) is 16.8 Å². The molecule has 0 fully saturated rings. The van der Waals surface area contributed by atoms with E-state index in [0.717, 1.165) is 11.0 Å². The molecule has 1 atom stereocenters. The molecule has 0 spiro atoms. The predicted octanol–water partition coefficient (Wildman–Crippen LogP) is -0.164. The Morgan fingerprint density at radius 1 is 1.14 bits per heavy atom. The third kappa shape index (κ3) is 1.60. The zero-order valence-corrected chi connectivity index (χ0v) is 11.0. The molecule has 0 bridgehead atoms. The first kappa shape index (κ1) is 13.0. The first-order valence-electron chi connectivity index (χ1n) is 6.18. The molecule has 7 nitrogen and oxygen atoms in total. The lowest BCUT2D eigenvalue weighted by molar-refractivity contribution is -0.134. The zero-order chi connectivity index (χ0) is 15.4. The Morgan fingerprint density at radius 2 is 1.86 bits per heavy atom. The van der Waals surface area contributed by atoms with Gasteiger partial charge in [-0.05, 0) is 25.1 Å². The average Bonchev–Trinajstić information content (AvgIpc) is 2.68. The van der Waals surface area contributed by atoms with Crippen molar-refractivity contribution in [2.75, 3.05) is 5.73 Å². The topological polar surface area (TPSA) is 110 Å². The summed E-state index contributed by atoms with van der Waals surface area (Å²) in [5.41, 5.74) is 4.59. The molecule has 7 heteroatoms. The molecule has 1 aromatic rings. The fraction of sp³-hybridized carbons (Fsp3) is 0.143. The van der Waals surface area contributed by atoms with Crippen LogP contribution in [0.3, 0.4) is 0 Å². The SMILES string of the molecule is CC1(N2C(=O)c3cccc(N)c3C2=O)C=CC(=O)NC1=O. The number of imide groups is 2. The molecule has 3 N–H and O–H groups in total. The van der Waals surface area contributed by atoms with E-state index in [4.69, 9.17) is 5.73 Å². The summed E-state index contributed by atoms with van der Waals surface area (Å²) >= 11 is 0. The fourth-order valence-corrected chi connectivity index (χ4v) is 2.50. The highest BCUT2D eigenvalue weighted by molar-refractivity contribution is 6.26. The van der Waals surface area contributed by atoms with Gasteiger partial charge in [-0.2, -0.15) is 0 Å². The number of carbonyl (C=O) groups excluding carboxylic acids is 4. The number of anilines is 1. The summed E-state index contributed by atoms with van der Waals surface area (Å²) < 4.78 is 0. The number of hydrogen-bond donors (Lipinski definition) is 2. The monoisotopic (exact) mass is 285 g/mol. The maximum Gasteiger partial charge on any atom is 0.264 e. The number of fused-ring (bicyclic) bond motifs is 1. The number of amides is 4. The minimum atomic E-state index is -1.56. The van der Waals surface area contributed by atoms with Gasteiger partial charge in [0.05, 0.1) is 11.1 Å². The number of nitrogens with one attached hydrogen (secondary N) is 1. The van der Waals surface area contributed by atoms with Gasteiger partial charge in [-0.25, -0.2) is 0 Å². The van der Waals surface area contributed by atoms with Crippen LogP contribution in [0.15, 0.2) is 30.4 Å². The minimum Gasteiger partial charge on any atom is -0.398 e. The van der Waals surface area contributed by atoms with E-state index < -0.39 is 29.2 Å². The van der Waals surface area contributed by atoms with Crippen molar-refractivity contribution in [3.63, 3.8) is 0 Å². The highest BCUT2D eigenvalue weighted by Gasteiger charge is 2.51. The zero-order valence-electron chi connectivity index (χ0n) is 11.0. The Labute approximate surface area is 119 Å². The van der Waals surface area contributed by atoms with Gasteiger partial charge in [0.25, 0.3) is 17.7 Å². The number of hydrogen-bond acceptors (Lipinski definition) is 5. The van der Waals surface area contributed by atoms with Crippen LogP contribution in [0.2, 0.25) is 0 Å². The molecule has 21 heavy (non-hydrogen) atoms. The molecule has 3 rings (SSSR count). The molecule has 2 aliphatic rings. The van der Waals surface area contributed by atoms with Crippen molar-refractivity contribution >= 4 is 29.3 Å². The molecule has 0 radical (unpaired) electrons. The molecule has 106 valence electrons. The summed E-state index contributed by atoms with van der Waals surface area (Å²) in [6, 6.07) is 4.55. The molecular formula is C14H11N3O4. The van der Waals surface area contributed by atoms with Gasteiger partial charge in [0.15, 0.2) is 0 Å². The number of nitrogen functional groups attached to an aromatic ring is 1. The second-order valence-electron chi connectivity index (χ2n) is 5.01. The fourth-order valence-electron chi connectivity index (χ4n) is 2.50. The smallest absolute Gasteiger partial charge is 0.264 e. The first-order chi connectivity index (χ1) is 9.86. The third-order valence-electron chi connectivity index (χ3n) is 3.67. The van der Waals surface area contributed by atoms with Crippen molar-refractivity contribution in [3.05, 3.63) is 41.5 Å². The number of rotatable bonds is 1. The second-order valence-corrected chi connectivity index (χ2v) is 5.01. The van der Waals surface area contributed by atoms with E-state index in [2.05, 4.69) is 5.32 Å². The highest BCUT2D eigenvalue weighted by atomic mass is 16.2. The Hall–Kier alpha value is -2.96. The molecule has 0 saturated heterocycles. The minimum absolute atomic E-state index is 0.0850. The van der Waals surface area contributed by atoms with Crippen LogP contribution >= 0.6 is 0 Å². The summed E-state index contributed by atoms with van der Waals surface area (Å²) in [6.45, 7) is 1.39. The normalized spacial score (nSPS) is 24.3. The van der Waals surface area contributed by atoms with Gasteiger partial charge in [-0.3, -0.25) is 29.4 Å². The van der Waals surface area contributed by atoms with Gasteiger partial charge in [-0.15, -0.1) is 0 Å². The lowest BCUT2D eigenvalue weighted by atomic mass is 9.95. The van der Waals surface area contributed by atoms with Crippen molar-refractivity contribution in [3.8, 4) is 0 Å². The summed E-state index contributed by atoms with van der Waals surface area (Å²) in [4.78, 5) is 49.0. The molecule has 0 aliphatic carbocycles. The standard InChI is InChI=1S/C14H11N3O4/c1-14(6-5-9(18)16-13(14)21)17-11(19)7-3-2-4-8(15)10(7)12(17)20/h2-6H,15H2,1H3,(H,16,18,21). The van der Waals surface area contributed by atoms with Crippen LogP contribution in [-0.2, 0) is 9.59 Å². The van der Waals surface area contributed by atoms with E-state index in [0.29, 0.717) is 0 Å². The molecule has 0 aromatic heterocycles. The number of benzene rings is 1. The van der Waals surface area contributed by atoms with Gasteiger partial charge < -0.3 is 5.73 Å². The molecule has 2 heterocycles. The third-order valence-corrected chi connectivity index (χ3v) is 3.67. The maximum atomic E-state index is 12.5. The number of carbonyl (C=O) groups is 4. The van der Waals surface area contributed by atoms with Crippen LogP contribution < -0.4 is 11.1 Å². The van der Waals surface area contributed by atoms with E-state index in [9.17, 15) is 19.2 Å². The lowest BCUT2D eigenvalue weighted by Crippen LogP contribution is -2.60.